The SMILES string of the molecule is Cc1ncn(COCC(F)(F)F)c1C. The van der Waals surface area contributed by atoms with Gasteiger partial charge in [-0.1, -0.05) is 0 Å². The van der Waals surface area contributed by atoms with Gasteiger partial charge in [-0.15, -0.1) is 0 Å². The van der Waals surface area contributed by atoms with E-state index >= 15 is 0 Å². The van der Waals surface area contributed by atoms with Crippen LogP contribution in [0.2, 0.25) is 0 Å². The maximum absolute atomic E-state index is 11.7. The number of aromatic nitrogens is 2. The molecule has 0 radical (unpaired) electrons. The zero-order valence-electron chi connectivity index (χ0n) is 7.93. The molecule has 0 saturated carbocycles. The summed E-state index contributed by atoms with van der Waals surface area (Å²) in [7, 11) is 0. The molecule has 0 aliphatic heterocycles. The highest BCUT2D eigenvalue weighted by atomic mass is 19.4. The van der Waals surface area contributed by atoms with Gasteiger partial charge in [0.25, 0.3) is 0 Å². The molecule has 1 rings (SSSR count). The Labute approximate surface area is 79.5 Å². The van der Waals surface area contributed by atoms with Gasteiger partial charge in [-0.25, -0.2) is 4.98 Å². The van der Waals surface area contributed by atoms with Crippen LogP contribution in [0, 0.1) is 13.8 Å². The highest BCUT2D eigenvalue weighted by Gasteiger charge is 2.27. The maximum atomic E-state index is 11.7. The van der Waals surface area contributed by atoms with Crippen LogP contribution in [0.15, 0.2) is 6.33 Å². The van der Waals surface area contributed by atoms with Gasteiger partial charge in [-0.3, -0.25) is 0 Å². The van der Waals surface area contributed by atoms with E-state index in [0.29, 0.717) is 0 Å². The van der Waals surface area contributed by atoms with E-state index in [-0.39, 0.29) is 6.73 Å². The summed E-state index contributed by atoms with van der Waals surface area (Å²) < 4.78 is 41.1. The second-order valence-corrected chi connectivity index (χ2v) is 2.98. The normalized spacial score (nSPS) is 12.1. The van der Waals surface area contributed by atoms with Gasteiger partial charge >= 0.3 is 6.18 Å². The molecule has 0 bridgehead atoms. The van der Waals surface area contributed by atoms with Crippen LogP contribution in [0.4, 0.5) is 13.2 Å². The average molecular weight is 208 g/mol. The van der Waals surface area contributed by atoms with E-state index in [2.05, 4.69) is 9.72 Å². The molecule has 1 aromatic heterocycles. The van der Waals surface area contributed by atoms with Crippen molar-refractivity contribution in [2.24, 2.45) is 0 Å². The number of alkyl halides is 3. The Morgan fingerprint density at radius 3 is 2.50 bits per heavy atom. The predicted molar refractivity (Wildman–Crippen MR) is 43.7 cm³/mol. The number of nitrogens with zero attached hydrogens (tertiary/aromatic N) is 2. The van der Waals surface area contributed by atoms with Gasteiger partial charge in [-0.05, 0) is 13.8 Å². The number of hydrogen-bond acceptors (Lipinski definition) is 2. The summed E-state index contributed by atoms with van der Waals surface area (Å²) in [5.74, 6) is 0. The monoisotopic (exact) mass is 208 g/mol. The molecule has 0 saturated heterocycles. The third-order valence-corrected chi connectivity index (χ3v) is 1.84. The molecule has 0 spiro atoms. The summed E-state index contributed by atoms with van der Waals surface area (Å²) >= 11 is 0. The first-order chi connectivity index (χ1) is 6.40. The van der Waals surface area contributed by atoms with Gasteiger partial charge in [0.2, 0.25) is 0 Å². The molecule has 14 heavy (non-hydrogen) atoms. The van der Waals surface area contributed by atoms with Gasteiger partial charge in [-0.2, -0.15) is 13.2 Å². The lowest BCUT2D eigenvalue weighted by molar-refractivity contribution is -0.181. The van der Waals surface area contributed by atoms with E-state index in [4.69, 9.17) is 0 Å². The van der Waals surface area contributed by atoms with Crippen molar-refractivity contribution in [1.82, 2.24) is 9.55 Å². The zero-order valence-corrected chi connectivity index (χ0v) is 7.93. The van der Waals surface area contributed by atoms with E-state index in [0.717, 1.165) is 11.4 Å². The summed E-state index contributed by atoms with van der Waals surface area (Å²) in [6.07, 6.45) is -2.81. The minimum atomic E-state index is -4.27. The average Bonchev–Trinajstić information content (AvgIpc) is 2.33. The molecular weight excluding hydrogens is 197 g/mol. The van der Waals surface area contributed by atoms with Crippen LogP contribution < -0.4 is 0 Å². The molecule has 0 N–H and O–H groups in total. The fraction of sp³-hybridized carbons (Fsp3) is 0.625. The minimum Gasteiger partial charge on any atom is -0.351 e. The lowest BCUT2D eigenvalue weighted by atomic mass is 10.4. The van der Waals surface area contributed by atoms with Crippen LogP contribution in [0.1, 0.15) is 11.4 Å². The molecule has 0 aliphatic rings. The molecule has 0 fully saturated rings. The molecular formula is C8H11F3N2O. The van der Waals surface area contributed by atoms with E-state index in [1.54, 1.807) is 13.8 Å². The quantitative estimate of drug-likeness (QED) is 0.760. The van der Waals surface area contributed by atoms with Crippen LogP contribution in [0.3, 0.4) is 0 Å². The predicted octanol–water partition coefficient (Wildman–Crippen LogP) is 2.04. The molecule has 1 aromatic rings. The molecule has 0 aliphatic carbocycles. The van der Waals surface area contributed by atoms with Crippen LogP contribution in [0.5, 0.6) is 0 Å². The number of imidazole rings is 1. The molecule has 0 unspecified atom stereocenters. The molecule has 0 atom stereocenters. The van der Waals surface area contributed by atoms with Gasteiger partial charge in [0, 0.05) is 5.69 Å². The van der Waals surface area contributed by atoms with Crippen LogP contribution in [-0.2, 0) is 11.5 Å². The number of aryl methyl sites for hydroxylation is 1. The first-order valence-corrected chi connectivity index (χ1v) is 4.03. The Kier molecular flexibility index (Phi) is 3.15. The lowest BCUT2D eigenvalue weighted by Gasteiger charge is -2.09. The Morgan fingerprint density at radius 2 is 2.07 bits per heavy atom. The molecule has 0 aromatic carbocycles. The van der Waals surface area contributed by atoms with Crippen molar-refractivity contribution >= 4 is 0 Å². The van der Waals surface area contributed by atoms with Gasteiger partial charge < -0.3 is 9.30 Å². The van der Waals surface area contributed by atoms with Gasteiger partial charge in [0.1, 0.15) is 13.3 Å². The van der Waals surface area contributed by atoms with Crippen molar-refractivity contribution in [3.63, 3.8) is 0 Å². The highest BCUT2D eigenvalue weighted by Crippen LogP contribution is 2.15. The van der Waals surface area contributed by atoms with Gasteiger partial charge in [0.05, 0.1) is 12.0 Å². The van der Waals surface area contributed by atoms with E-state index < -0.39 is 12.8 Å². The number of ether oxygens (including phenoxy) is 1. The van der Waals surface area contributed by atoms with Crippen molar-refractivity contribution in [1.29, 1.82) is 0 Å². The maximum Gasteiger partial charge on any atom is 0.411 e. The molecule has 6 heteroatoms. The second kappa shape index (κ2) is 4.00. The third kappa shape index (κ3) is 3.02. The summed E-state index contributed by atoms with van der Waals surface area (Å²) in [5.41, 5.74) is 1.60. The number of halogens is 3. The van der Waals surface area contributed by atoms with E-state index in [1.807, 2.05) is 0 Å². The van der Waals surface area contributed by atoms with E-state index in [9.17, 15) is 13.2 Å². The Bertz CT molecular complexity index is 306. The first-order valence-electron chi connectivity index (χ1n) is 4.03. The molecule has 3 nitrogen and oxygen atoms in total. The summed E-state index contributed by atoms with van der Waals surface area (Å²) in [5, 5.41) is 0. The highest BCUT2D eigenvalue weighted by molar-refractivity contribution is 5.07. The third-order valence-electron chi connectivity index (χ3n) is 1.84. The van der Waals surface area contributed by atoms with Crippen LogP contribution in [-0.4, -0.2) is 22.3 Å². The van der Waals surface area contributed by atoms with Crippen molar-refractivity contribution in [2.45, 2.75) is 26.8 Å². The zero-order chi connectivity index (χ0) is 10.8. The Morgan fingerprint density at radius 1 is 1.43 bits per heavy atom. The fourth-order valence-corrected chi connectivity index (χ4v) is 0.934. The Balaban J connectivity index is 2.43. The van der Waals surface area contributed by atoms with Crippen molar-refractivity contribution in [2.75, 3.05) is 6.61 Å². The standard InChI is InChI=1S/C8H11F3N2O/c1-6-7(2)13(4-12-6)5-14-3-8(9,10)11/h4H,3,5H2,1-2H3. The largest absolute Gasteiger partial charge is 0.411 e. The van der Waals surface area contributed by atoms with Gasteiger partial charge in [0.15, 0.2) is 0 Å². The number of hydrogen-bond donors (Lipinski definition) is 0. The Hall–Kier alpha value is -1.04. The smallest absolute Gasteiger partial charge is 0.351 e. The fourth-order valence-electron chi connectivity index (χ4n) is 0.934. The van der Waals surface area contributed by atoms with Crippen molar-refractivity contribution in [3.05, 3.63) is 17.7 Å². The van der Waals surface area contributed by atoms with E-state index in [1.165, 1.54) is 10.9 Å². The summed E-state index contributed by atoms with van der Waals surface area (Å²) in [6.45, 7) is 2.21. The van der Waals surface area contributed by atoms with Crippen LogP contribution >= 0.6 is 0 Å². The van der Waals surface area contributed by atoms with Crippen molar-refractivity contribution in [3.8, 4) is 0 Å². The summed E-state index contributed by atoms with van der Waals surface area (Å²) in [4.78, 5) is 3.93. The molecule has 0 amide bonds. The summed E-state index contributed by atoms with van der Waals surface area (Å²) in [6, 6.07) is 0. The van der Waals surface area contributed by atoms with Crippen molar-refractivity contribution < 1.29 is 17.9 Å². The second-order valence-electron chi connectivity index (χ2n) is 2.98. The lowest BCUT2D eigenvalue weighted by Crippen LogP contribution is -2.18. The first kappa shape index (κ1) is 11.0. The van der Waals surface area contributed by atoms with Crippen LogP contribution in [0.25, 0.3) is 0 Å². The number of rotatable bonds is 3. The minimum absolute atomic E-state index is 0.119. The molecule has 80 valence electrons. The molecule has 1 heterocycles. The topological polar surface area (TPSA) is 27.1 Å².